The highest BCUT2D eigenvalue weighted by atomic mass is 15.3. The van der Waals surface area contributed by atoms with Gasteiger partial charge in [0.2, 0.25) is 0 Å². The second kappa shape index (κ2) is 5.00. The molecule has 0 bridgehead atoms. The molecule has 1 N–H and O–H groups in total. The molecule has 1 saturated heterocycles. The van der Waals surface area contributed by atoms with Crippen LogP contribution in [0.4, 0.5) is 5.82 Å². The zero-order valence-electron chi connectivity index (χ0n) is 12.8. The van der Waals surface area contributed by atoms with Gasteiger partial charge in [-0.05, 0) is 19.3 Å². The smallest absolute Gasteiger partial charge is 0.160 e. The first kappa shape index (κ1) is 13.0. The fraction of sp³-hybridized carbons (Fsp3) is 0.533. The van der Waals surface area contributed by atoms with Crippen molar-refractivity contribution in [1.82, 2.24) is 34.9 Å². The van der Waals surface area contributed by atoms with E-state index < -0.39 is 0 Å². The van der Waals surface area contributed by atoms with Gasteiger partial charge in [0, 0.05) is 32.0 Å². The summed E-state index contributed by atoms with van der Waals surface area (Å²) in [6, 6.07) is 0. The summed E-state index contributed by atoms with van der Waals surface area (Å²) in [6.45, 7) is 3.00. The lowest BCUT2D eigenvalue weighted by Crippen LogP contribution is -2.36. The van der Waals surface area contributed by atoms with E-state index in [1.807, 2.05) is 6.20 Å². The van der Waals surface area contributed by atoms with Gasteiger partial charge in [-0.3, -0.25) is 5.10 Å². The lowest BCUT2D eigenvalue weighted by Gasteiger charge is -2.33. The highest BCUT2D eigenvalue weighted by Crippen LogP contribution is 2.32. The first-order valence-corrected chi connectivity index (χ1v) is 8.21. The monoisotopic (exact) mass is 310 g/mol. The maximum atomic E-state index is 4.50. The quantitative estimate of drug-likeness (QED) is 0.767. The van der Waals surface area contributed by atoms with Gasteiger partial charge in [0.15, 0.2) is 5.65 Å². The number of rotatable bonds is 2. The van der Waals surface area contributed by atoms with E-state index in [0.29, 0.717) is 5.92 Å². The molecule has 5 heterocycles. The second-order valence-electron chi connectivity index (χ2n) is 6.34. The number of H-pyrrole nitrogens is 1. The number of hydrogen-bond acceptors (Lipinski definition) is 6. The molecule has 23 heavy (non-hydrogen) atoms. The second-order valence-corrected chi connectivity index (χ2v) is 6.34. The van der Waals surface area contributed by atoms with Crippen molar-refractivity contribution in [2.75, 3.05) is 18.0 Å². The molecule has 0 saturated carbocycles. The average molecular weight is 310 g/mol. The van der Waals surface area contributed by atoms with E-state index in [4.69, 9.17) is 0 Å². The van der Waals surface area contributed by atoms with Crippen LogP contribution in [0.1, 0.15) is 36.8 Å². The molecule has 0 amide bonds. The van der Waals surface area contributed by atoms with E-state index in [0.717, 1.165) is 67.4 Å². The zero-order chi connectivity index (χ0) is 15.2. The van der Waals surface area contributed by atoms with E-state index in [2.05, 4.69) is 39.8 Å². The van der Waals surface area contributed by atoms with E-state index in [1.165, 1.54) is 6.42 Å². The molecule has 8 heteroatoms. The molecule has 0 aliphatic carbocycles. The van der Waals surface area contributed by atoms with Crippen molar-refractivity contribution in [3.63, 3.8) is 0 Å². The number of aromatic amines is 1. The summed E-state index contributed by atoms with van der Waals surface area (Å²) >= 11 is 0. The lowest BCUT2D eigenvalue weighted by atomic mass is 9.97. The summed E-state index contributed by atoms with van der Waals surface area (Å²) in [5, 5.41) is 16.8. The molecule has 1 fully saturated rings. The Hall–Kier alpha value is -2.51. The SMILES string of the molecule is c1nc(N2CCCC(c3nnc4n3CCC4)C2)c2cn[nH]c2n1. The van der Waals surface area contributed by atoms with Crippen molar-refractivity contribution in [1.29, 1.82) is 0 Å². The van der Waals surface area contributed by atoms with Gasteiger partial charge in [0.25, 0.3) is 0 Å². The van der Waals surface area contributed by atoms with Gasteiger partial charge in [0.05, 0.1) is 11.6 Å². The number of nitrogens with one attached hydrogen (secondary N) is 1. The highest BCUT2D eigenvalue weighted by Gasteiger charge is 2.29. The Bertz CT molecular complexity index is 850. The van der Waals surface area contributed by atoms with Crippen LogP contribution in [0.3, 0.4) is 0 Å². The van der Waals surface area contributed by atoms with Crippen LogP contribution in [0.25, 0.3) is 11.0 Å². The molecule has 0 aromatic carbocycles. The first-order valence-electron chi connectivity index (χ1n) is 8.21. The van der Waals surface area contributed by atoms with Crippen molar-refractivity contribution in [2.24, 2.45) is 0 Å². The Kier molecular flexibility index (Phi) is 2.82. The molecule has 5 rings (SSSR count). The molecule has 118 valence electrons. The molecule has 8 nitrogen and oxygen atoms in total. The van der Waals surface area contributed by atoms with Crippen molar-refractivity contribution < 1.29 is 0 Å². The Balaban J connectivity index is 1.48. The van der Waals surface area contributed by atoms with E-state index in [1.54, 1.807) is 6.33 Å². The number of fused-ring (bicyclic) bond motifs is 2. The van der Waals surface area contributed by atoms with Gasteiger partial charge >= 0.3 is 0 Å². The van der Waals surface area contributed by atoms with Crippen molar-refractivity contribution in [2.45, 2.75) is 38.1 Å². The number of nitrogens with zero attached hydrogens (tertiary/aromatic N) is 7. The van der Waals surface area contributed by atoms with Crippen LogP contribution in [0.15, 0.2) is 12.5 Å². The summed E-state index contributed by atoms with van der Waals surface area (Å²) in [5.74, 6) is 3.69. The Labute approximate surface area is 133 Å². The van der Waals surface area contributed by atoms with Crippen LogP contribution in [-0.2, 0) is 13.0 Å². The van der Waals surface area contributed by atoms with Crippen LogP contribution >= 0.6 is 0 Å². The number of aryl methyl sites for hydroxylation is 1. The van der Waals surface area contributed by atoms with Gasteiger partial charge in [0.1, 0.15) is 23.8 Å². The van der Waals surface area contributed by atoms with Gasteiger partial charge in [-0.2, -0.15) is 5.10 Å². The minimum Gasteiger partial charge on any atom is -0.355 e. The van der Waals surface area contributed by atoms with Crippen molar-refractivity contribution in [3.8, 4) is 0 Å². The number of aromatic nitrogens is 7. The summed E-state index contributed by atoms with van der Waals surface area (Å²) in [4.78, 5) is 11.1. The van der Waals surface area contributed by atoms with Gasteiger partial charge in [-0.15, -0.1) is 10.2 Å². The average Bonchev–Trinajstić information content (AvgIpc) is 3.30. The Morgan fingerprint density at radius 2 is 2.13 bits per heavy atom. The molecule has 3 aromatic rings. The molecule has 2 aliphatic heterocycles. The fourth-order valence-electron chi connectivity index (χ4n) is 3.86. The normalized spacial score (nSPS) is 21.0. The fourth-order valence-corrected chi connectivity index (χ4v) is 3.86. The predicted molar refractivity (Wildman–Crippen MR) is 84.2 cm³/mol. The molecular weight excluding hydrogens is 292 g/mol. The zero-order valence-corrected chi connectivity index (χ0v) is 12.8. The van der Waals surface area contributed by atoms with E-state index in [-0.39, 0.29) is 0 Å². The standard InChI is InChI=1S/C15H18N8/c1-3-10(14-21-19-12-4-2-6-23(12)14)8-22(5-1)15-11-7-18-20-13(11)16-9-17-15/h7,9-10H,1-6,8H2,(H,16,17,18,20). The third kappa shape index (κ3) is 2.01. The third-order valence-electron chi connectivity index (χ3n) is 4.95. The lowest BCUT2D eigenvalue weighted by molar-refractivity contribution is 0.471. The Morgan fingerprint density at radius 3 is 3.13 bits per heavy atom. The molecule has 3 aromatic heterocycles. The summed E-state index contributed by atoms with van der Waals surface area (Å²) < 4.78 is 2.32. The minimum absolute atomic E-state index is 0.417. The van der Waals surface area contributed by atoms with Crippen molar-refractivity contribution in [3.05, 3.63) is 24.2 Å². The summed E-state index contributed by atoms with van der Waals surface area (Å²) in [6.07, 6.45) is 7.96. The van der Waals surface area contributed by atoms with Gasteiger partial charge in [-0.25, -0.2) is 9.97 Å². The van der Waals surface area contributed by atoms with E-state index in [9.17, 15) is 0 Å². The molecule has 2 aliphatic rings. The third-order valence-corrected chi connectivity index (χ3v) is 4.95. The van der Waals surface area contributed by atoms with Crippen LogP contribution in [-0.4, -0.2) is 48.0 Å². The molecular formula is C15H18N8. The van der Waals surface area contributed by atoms with Crippen LogP contribution in [0, 0.1) is 0 Å². The number of anilines is 1. The largest absolute Gasteiger partial charge is 0.355 e. The molecule has 1 unspecified atom stereocenters. The topological polar surface area (TPSA) is 88.4 Å². The summed E-state index contributed by atoms with van der Waals surface area (Å²) in [7, 11) is 0. The summed E-state index contributed by atoms with van der Waals surface area (Å²) in [5.41, 5.74) is 0.792. The van der Waals surface area contributed by atoms with Crippen LogP contribution < -0.4 is 4.90 Å². The Morgan fingerprint density at radius 1 is 1.13 bits per heavy atom. The van der Waals surface area contributed by atoms with Gasteiger partial charge in [-0.1, -0.05) is 0 Å². The minimum atomic E-state index is 0.417. The first-order chi connectivity index (χ1) is 11.4. The number of piperidine rings is 1. The van der Waals surface area contributed by atoms with E-state index >= 15 is 0 Å². The maximum absolute atomic E-state index is 4.50. The molecule has 0 spiro atoms. The van der Waals surface area contributed by atoms with Crippen molar-refractivity contribution >= 4 is 16.9 Å². The van der Waals surface area contributed by atoms with Crippen LogP contribution in [0.2, 0.25) is 0 Å². The predicted octanol–water partition coefficient (Wildman–Crippen LogP) is 1.27. The van der Waals surface area contributed by atoms with Crippen LogP contribution in [0.5, 0.6) is 0 Å². The number of hydrogen-bond donors (Lipinski definition) is 1. The van der Waals surface area contributed by atoms with Gasteiger partial charge < -0.3 is 9.47 Å². The highest BCUT2D eigenvalue weighted by molar-refractivity contribution is 5.86. The molecule has 0 radical (unpaired) electrons. The molecule has 1 atom stereocenters. The maximum Gasteiger partial charge on any atom is 0.160 e.